The first kappa shape index (κ1) is 19.5. The molecule has 0 saturated heterocycles. The van der Waals surface area contributed by atoms with Crippen LogP contribution in [0, 0.1) is 5.82 Å². The molecule has 0 saturated carbocycles. The minimum Gasteiger partial charge on any atom is -0.382 e. The van der Waals surface area contributed by atoms with Gasteiger partial charge in [0.05, 0.1) is 30.0 Å². The first-order valence-corrected chi connectivity index (χ1v) is 8.76. The summed E-state index contributed by atoms with van der Waals surface area (Å²) in [6, 6.07) is 2.83. The van der Waals surface area contributed by atoms with Gasteiger partial charge in [0, 0.05) is 36.1 Å². The molecule has 0 bridgehead atoms. The highest BCUT2D eigenvalue weighted by atomic mass is 19.1. The largest absolute Gasteiger partial charge is 0.382 e. The number of nitrogens with zero attached hydrogens (tertiary/aromatic N) is 5. The van der Waals surface area contributed by atoms with Crippen molar-refractivity contribution in [1.29, 1.82) is 0 Å². The van der Waals surface area contributed by atoms with Crippen LogP contribution >= 0.6 is 0 Å². The number of nitrogens with one attached hydrogen (secondary N) is 1. The fourth-order valence-electron chi connectivity index (χ4n) is 3.05. The smallest absolute Gasteiger partial charge is 0.222 e. The number of pyridine rings is 1. The second-order valence-electron chi connectivity index (χ2n) is 6.86. The van der Waals surface area contributed by atoms with Gasteiger partial charge in [-0.1, -0.05) is 6.92 Å². The second-order valence-corrected chi connectivity index (χ2v) is 6.86. The van der Waals surface area contributed by atoms with E-state index in [1.807, 2.05) is 0 Å². The number of halogens is 2. The van der Waals surface area contributed by atoms with Crippen LogP contribution in [0.2, 0.25) is 0 Å². The van der Waals surface area contributed by atoms with Gasteiger partial charge in [-0.15, -0.1) is 0 Å². The molecular weight excluding hydrogens is 364 g/mol. The van der Waals surface area contributed by atoms with E-state index in [-0.39, 0.29) is 18.7 Å². The monoisotopic (exact) mass is 385 g/mol. The molecule has 3 aromatic rings. The normalized spacial score (nSPS) is 14.3. The van der Waals surface area contributed by atoms with E-state index in [1.165, 1.54) is 31.5 Å². The molecule has 0 unspecified atom stereocenters. The Hall–Kier alpha value is -3.23. The van der Waals surface area contributed by atoms with E-state index >= 15 is 0 Å². The predicted molar refractivity (Wildman–Crippen MR) is 103 cm³/mol. The highest BCUT2D eigenvalue weighted by Gasteiger charge is 2.33. The van der Waals surface area contributed by atoms with E-state index in [9.17, 15) is 8.78 Å². The Balaban J connectivity index is 1.77. The van der Waals surface area contributed by atoms with Gasteiger partial charge >= 0.3 is 0 Å². The van der Waals surface area contributed by atoms with Crippen LogP contribution in [0.1, 0.15) is 26.0 Å². The molecule has 0 aliphatic rings. The fourth-order valence-corrected chi connectivity index (χ4v) is 3.05. The lowest BCUT2D eigenvalue weighted by Gasteiger charge is -2.30. The van der Waals surface area contributed by atoms with Gasteiger partial charge in [0.25, 0.3) is 0 Å². The first-order valence-electron chi connectivity index (χ1n) is 8.76. The number of hydrogen-bond donors (Lipinski definition) is 2. The second kappa shape index (κ2) is 8.20. The zero-order chi connectivity index (χ0) is 20.1. The molecule has 0 amide bonds. The molecule has 0 spiro atoms. The topological polar surface area (TPSA) is 102 Å². The maximum atomic E-state index is 14.3. The van der Waals surface area contributed by atoms with E-state index in [4.69, 9.17) is 5.73 Å². The van der Waals surface area contributed by atoms with E-state index in [0.717, 1.165) is 0 Å². The van der Waals surface area contributed by atoms with Gasteiger partial charge in [-0.2, -0.15) is 0 Å². The van der Waals surface area contributed by atoms with Crippen molar-refractivity contribution in [1.82, 2.24) is 24.9 Å². The molecule has 0 fully saturated rings. The van der Waals surface area contributed by atoms with Gasteiger partial charge in [0.2, 0.25) is 5.95 Å². The van der Waals surface area contributed by atoms with Gasteiger partial charge in [-0.05, 0) is 25.5 Å². The molecule has 0 aliphatic carbocycles. The molecule has 3 rings (SSSR count). The highest BCUT2D eigenvalue weighted by Crippen LogP contribution is 2.30. The van der Waals surface area contributed by atoms with Gasteiger partial charge < -0.3 is 11.1 Å². The fraction of sp³-hybridized carbons (Fsp3) is 0.316. The molecule has 9 heteroatoms. The number of anilines is 2. The maximum Gasteiger partial charge on any atom is 0.222 e. The van der Waals surface area contributed by atoms with Crippen molar-refractivity contribution in [3.8, 4) is 11.3 Å². The SMILES string of the molecule is C[C@@H](F)C[C@](C)(CNc1ncc(-c2cncc(N)n2)cn1)c1ncccc1F. The minimum atomic E-state index is -1.13. The summed E-state index contributed by atoms with van der Waals surface area (Å²) >= 11 is 0. The molecule has 3 aromatic heterocycles. The third kappa shape index (κ3) is 4.54. The summed E-state index contributed by atoms with van der Waals surface area (Å²) < 4.78 is 28.0. The quantitative estimate of drug-likeness (QED) is 0.644. The van der Waals surface area contributed by atoms with Gasteiger partial charge in [-0.25, -0.2) is 23.7 Å². The van der Waals surface area contributed by atoms with Crippen LogP contribution in [-0.2, 0) is 5.41 Å². The van der Waals surface area contributed by atoms with Crippen LogP contribution in [0.5, 0.6) is 0 Å². The van der Waals surface area contributed by atoms with Gasteiger partial charge in [-0.3, -0.25) is 9.97 Å². The lowest BCUT2D eigenvalue weighted by Crippen LogP contribution is -2.36. The van der Waals surface area contributed by atoms with Crippen molar-refractivity contribution in [3.05, 3.63) is 54.6 Å². The number of alkyl halides is 1. The van der Waals surface area contributed by atoms with E-state index in [2.05, 4.69) is 30.2 Å². The van der Waals surface area contributed by atoms with Crippen molar-refractivity contribution in [2.45, 2.75) is 31.9 Å². The number of nitrogen functional groups attached to an aromatic ring is 1. The standard InChI is InChI=1S/C19H21F2N7/c1-12(20)6-19(2,17-14(21)4-3-5-24-17)11-27-18-25-7-13(8-26-18)15-9-23-10-16(22)28-15/h3-5,7-10,12H,6,11H2,1-2H3,(H2,22,28)(H,25,26,27)/t12-,19-/m1/s1. The van der Waals surface area contributed by atoms with Crippen LogP contribution in [0.15, 0.2) is 43.1 Å². The van der Waals surface area contributed by atoms with Crippen molar-refractivity contribution in [2.24, 2.45) is 0 Å². The Morgan fingerprint density at radius 3 is 2.57 bits per heavy atom. The highest BCUT2D eigenvalue weighted by molar-refractivity contribution is 5.57. The summed E-state index contributed by atoms with van der Waals surface area (Å²) in [4.78, 5) is 20.8. The van der Waals surface area contributed by atoms with E-state index < -0.39 is 17.4 Å². The van der Waals surface area contributed by atoms with E-state index in [0.29, 0.717) is 23.0 Å². The lowest BCUT2D eigenvalue weighted by atomic mass is 9.81. The Kier molecular flexibility index (Phi) is 5.72. The zero-order valence-electron chi connectivity index (χ0n) is 15.6. The Labute approximate surface area is 161 Å². The van der Waals surface area contributed by atoms with Crippen LogP contribution in [0.25, 0.3) is 11.3 Å². The minimum absolute atomic E-state index is 0.102. The van der Waals surface area contributed by atoms with E-state index in [1.54, 1.807) is 25.5 Å². The number of aromatic nitrogens is 5. The average Bonchev–Trinajstić information content (AvgIpc) is 2.66. The van der Waals surface area contributed by atoms with Crippen molar-refractivity contribution < 1.29 is 8.78 Å². The summed E-state index contributed by atoms with van der Waals surface area (Å²) in [5, 5.41) is 3.05. The molecule has 2 atom stereocenters. The Morgan fingerprint density at radius 2 is 1.93 bits per heavy atom. The molecule has 0 aliphatic heterocycles. The number of nitrogens with two attached hydrogens (primary N) is 1. The van der Waals surface area contributed by atoms with Crippen LogP contribution < -0.4 is 11.1 Å². The third-order valence-electron chi connectivity index (χ3n) is 4.30. The molecule has 3 heterocycles. The Morgan fingerprint density at radius 1 is 1.18 bits per heavy atom. The van der Waals surface area contributed by atoms with Crippen molar-refractivity contribution in [3.63, 3.8) is 0 Å². The van der Waals surface area contributed by atoms with Crippen molar-refractivity contribution >= 4 is 11.8 Å². The molecule has 0 radical (unpaired) electrons. The third-order valence-corrected chi connectivity index (χ3v) is 4.30. The summed E-state index contributed by atoms with van der Waals surface area (Å²) in [6.45, 7) is 3.42. The number of hydrogen-bond acceptors (Lipinski definition) is 7. The lowest BCUT2D eigenvalue weighted by molar-refractivity contribution is 0.267. The molecular formula is C19H21F2N7. The summed E-state index contributed by atoms with van der Waals surface area (Å²) in [5.74, 6) is 0.159. The molecule has 0 aromatic carbocycles. The van der Waals surface area contributed by atoms with Gasteiger partial charge in [0.15, 0.2) is 0 Å². The molecule has 146 valence electrons. The Bertz CT molecular complexity index is 934. The zero-order valence-corrected chi connectivity index (χ0v) is 15.6. The van der Waals surface area contributed by atoms with Crippen LogP contribution in [0.4, 0.5) is 20.5 Å². The molecule has 28 heavy (non-hydrogen) atoms. The average molecular weight is 385 g/mol. The summed E-state index contributed by atoms with van der Waals surface area (Å²) in [6.07, 6.45) is 6.64. The van der Waals surface area contributed by atoms with Crippen LogP contribution in [-0.4, -0.2) is 37.6 Å². The predicted octanol–water partition coefficient (Wildman–Crippen LogP) is 3.17. The van der Waals surface area contributed by atoms with Crippen LogP contribution in [0.3, 0.4) is 0 Å². The molecule has 3 N–H and O–H groups in total. The van der Waals surface area contributed by atoms with Crippen molar-refractivity contribution in [2.75, 3.05) is 17.6 Å². The summed E-state index contributed by atoms with van der Waals surface area (Å²) in [7, 11) is 0. The molecule has 7 nitrogen and oxygen atoms in total. The first-order chi connectivity index (χ1) is 13.4. The van der Waals surface area contributed by atoms with Gasteiger partial charge in [0.1, 0.15) is 11.6 Å². The summed E-state index contributed by atoms with van der Waals surface area (Å²) in [5.41, 5.74) is 6.18. The number of rotatable bonds is 7. The maximum absolute atomic E-state index is 14.3.